The fourth-order valence-electron chi connectivity index (χ4n) is 3.75. The lowest BCUT2D eigenvalue weighted by molar-refractivity contribution is 0.425. The van der Waals surface area contributed by atoms with E-state index in [4.69, 9.17) is 5.14 Å². The third-order valence-corrected chi connectivity index (χ3v) is 6.33. The first-order valence-corrected chi connectivity index (χ1v) is 10.1. The van der Waals surface area contributed by atoms with Gasteiger partial charge >= 0.3 is 0 Å². The highest BCUT2D eigenvalue weighted by Crippen LogP contribution is 2.50. The second-order valence-electron chi connectivity index (χ2n) is 6.32. The summed E-state index contributed by atoms with van der Waals surface area (Å²) in [6.45, 7) is 0. The number of primary sulfonamides is 1. The van der Waals surface area contributed by atoms with Crippen LogP contribution in [0.15, 0.2) is 64.0 Å². The Bertz CT molecular complexity index is 923. The van der Waals surface area contributed by atoms with Gasteiger partial charge in [-0.1, -0.05) is 40.2 Å². The molecule has 1 aliphatic heterocycles. The molecule has 3 atom stereocenters. The maximum atomic E-state index is 11.7. The van der Waals surface area contributed by atoms with Crippen LogP contribution in [0.3, 0.4) is 0 Å². The topological polar surface area (TPSA) is 72.2 Å². The zero-order valence-electron chi connectivity index (χ0n) is 12.8. The number of anilines is 1. The van der Waals surface area contributed by atoms with Crippen LogP contribution in [-0.4, -0.2) is 8.42 Å². The molecule has 24 heavy (non-hydrogen) atoms. The molecular weight excluding hydrogens is 388 g/mol. The van der Waals surface area contributed by atoms with Gasteiger partial charge in [0.1, 0.15) is 0 Å². The molecule has 2 aromatic carbocycles. The molecular formula is C18H17BrN2O2S. The highest BCUT2D eigenvalue weighted by molar-refractivity contribution is 9.10. The van der Waals surface area contributed by atoms with Crippen LogP contribution in [0.4, 0.5) is 5.69 Å². The quantitative estimate of drug-likeness (QED) is 0.744. The third-order valence-electron chi connectivity index (χ3n) is 4.89. The predicted molar refractivity (Wildman–Crippen MR) is 98.3 cm³/mol. The standard InChI is InChI=1S/C18H17BrN2O2S/c19-12-6-4-11(5-7-12)18-15-3-1-2-14(15)16-10-13(24(20,22)23)8-9-17(16)21-18/h1-2,4-10,14-15,18,21H,3H2,(H2,20,22,23)/t14-,15+,18+/m1/s1. The van der Waals surface area contributed by atoms with Gasteiger partial charge in [-0.2, -0.15) is 0 Å². The molecule has 0 amide bonds. The SMILES string of the molecule is NS(=O)(=O)c1ccc2c(c1)[C@@H]1C=CC[C@@H]1[C@H](c1ccc(Br)cc1)N2. The molecule has 1 heterocycles. The van der Waals surface area contributed by atoms with Crippen molar-refractivity contribution >= 4 is 31.6 Å². The minimum atomic E-state index is -3.69. The van der Waals surface area contributed by atoms with Crippen molar-refractivity contribution in [1.82, 2.24) is 0 Å². The van der Waals surface area contributed by atoms with Gasteiger partial charge in [-0.15, -0.1) is 0 Å². The van der Waals surface area contributed by atoms with Gasteiger partial charge in [-0.05, 0) is 53.8 Å². The van der Waals surface area contributed by atoms with Crippen molar-refractivity contribution in [2.75, 3.05) is 5.32 Å². The van der Waals surface area contributed by atoms with Gasteiger partial charge in [0, 0.05) is 16.1 Å². The molecule has 2 aromatic rings. The number of rotatable bonds is 2. The molecule has 0 fully saturated rings. The molecule has 0 spiro atoms. The maximum absolute atomic E-state index is 11.7. The number of nitrogens with two attached hydrogens (primary N) is 1. The summed E-state index contributed by atoms with van der Waals surface area (Å²) in [4.78, 5) is 0.171. The van der Waals surface area contributed by atoms with Crippen molar-refractivity contribution in [1.29, 1.82) is 0 Å². The van der Waals surface area contributed by atoms with Crippen LogP contribution in [0.2, 0.25) is 0 Å². The van der Waals surface area contributed by atoms with Gasteiger partial charge in [0.2, 0.25) is 10.0 Å². The molecule has 4 nitrogen and oxygen atoms in total. The van der Waals surface area contributed by atoms with Crippen LogP contribution in [0.25, 0.3) is 0 Å². The van der Waals surface area contributed by atoms with E-state index in [9.17, 15) is 8.42 Å². The largest absolute Gasteiger partial charge is 0.378 e. The Kier molecular flexibility index (Phi) is 3.78. The summed E-state index contributed by atoms with van der Waals surface area (Å²) in [5, 5.41) is 8.88. The van der Waals surface area contributed by atoms with Gasteiger partial charge in [-0.3, -0.25) is 0 Å². The molecule has 1 aliphatic carbocycles. The van der Waals surface area contributed by atoms with E-state index in [1.807, 2.05) is 18.2 Å². The normalized spacial score (nSPS) is 25.0. The van der Waals surface area contributed by atoms with E-state index in [1.165, 1.54) is 5.56 Å². The summed E-state index contributed by atoms with van der Waals surface area (Å²) in [6, 6.07) is 13.7. The first-order chi connectivity index (χ1) is 11.4. The lowest BCUT2D eigenvalue weighted by Gasteiger charge is -2.37. The van der Waals surface area contributed by atoms with E-state index in [-0.39, 0.29) is 16.9 Å². The average molecular weight is 405 g/mol. The van der Waals surface area contributed by atoms with E-state index in [0.717, 1.165) is 22.1 Å². The molecule has 0 saturated heterocycles. The van der Waals surface area contributed by atoms with E-state index in [1.54, 1.807) is 12.1 Å². The minimum Gasteiger partial charge on any atom is -0.378 e. The highest BCUT2D eigenvalue weighted by atomic mass is 79.9. The van der Waals surface area contributed by atoms with Gasteiger partial charge in [0.25, 0.3) is 0 Å². The Labute approximate surface area is 149 Å². The molecule has 3 N–H and O–H groups in total. The number of sulfonamides is 1. The number of hydrogen-bond donors (Lipinski definition) is 2. The Morgan fingerprint density at radius 1 is 1.12 bits per heavy atom. The Balaban J connectivity index is 1.79. The summed E-state index contributed by atoms with van der Waals surface area (Å²) >= 11 is 3.48. The smallest absolute Gasteiger partial charge is 0.238 e. The van der Waals surface area contributed by atoms with Crippen LogP contribution < -0.4 is 10.5 Å². The number of hydrogen-bond acceptors (Lipinski definition) is 3. The molecule has 6 heteroatoms. The van der Waals surface area contributed by atoms with E-state index < -0.39 is 10.0 Å². The molecule has 0 unspecified atom stereocenters. The zero-order chi connectivity index (χ0) is 16.9. The summed E-state index contributed by atoms with van der Waals surface area (Å²) < 4.78 is 24.4. The second kappa shape index (κ2) is 5.72. The number of allylic oxidation sites excluding steroid dienone is 2. The van der Waals surface area contributed by atoms with Crippen molar-refractivity contribution in [3.63, 3.8) is 0 Å². The summed E-state index contributed by atoms with van der Waals surface area (Å²) in [5.41, 5.74) is 3.22. The average Bonchev–Trinajstić information content (AvgIpc) is 3.03. The Morgan fingerprint density at radius 2 is 1.88 bits per heavy atom. The second-order valence-corrected chi connectivity index (χ2v) is 8.80. The zero-order valence-corrected chi connectivity index (χ0v) is 15.2. The predicted octanol–water partition coefficient (Wildman–Crippen LogP) is 3.92. The van der Waals surface area contributed by atoms with Crippen molar-refractivity contribution in [3.8, 4) is 0 Å². The molecule has 4 rings (SSSR count). The lowest BCUT2D eigenvalue weighted by Crippen LogP contribution is -2.29. The number of halogens is 1. The molecule has 124 valence electrons. The molecule has 2 aliphatic rings. The van der Waals surface area contributed by atoms with Crippen LogP contribution in [0.1, 0.15) is 29.5 Å². The van der Waals surface area contributed by atoms with Gasteiger partial charge in [-0.25, -0.2) is 13.6 Å². The molecule has 0 saturated carbocycles. The van der Waals surface area contributed by atoms with Crippen LogP contribution in [0, 0.1) is 5.92 Å². The summed E-state index contributed by atoms with van der Waals surface area (Å²) in [6.07, 6.45) is 5.34. The lowest BCUT2D eigenvalue weighted by atomic mass is 9.77. The molecule has 0 bridgehead atoms. The minimum absolute atomic E-state index is 0.171. The fourth-order valence-corrected chi connectivity index (χ4v) is 4.56. The van der Waals surface area contributed by atoms with Crippen molar-refractivity contribution < 1.29 is 8.42 Å². The monoisotopic (exact) mass is 404 g/mol. The number of nitrogens with one attached hydrogen (secondary N) is 1. The Morgan fingerprint density at radius 3 is 2.58 bits per heavy atom. The molecule has 0 radical (unpaired) electrons. The third kappa shape index (κ3) is 2.68. The van der Waals surface area contributed by atoms with Gasteiger partial charge in [0.15, 0.2) is 0 Å². The van der Waals surface area contributed by atoms with E-state index in [0.29, 0.717) is 5.92 Å². The van der Waals surface area contributed by atoms with Gasteiger partial charge < -0.3 is 5.32 Å². The van der Waals surface area contributed by atoms with Gasteiger partial charge in [0.05, 0.1) is 10.9 Å². The van der Waals surface area contributed by atoms with Crippen molar-refractivity contribution in [3.05, 3.63) is 70.2 Å². The molecule has 0 aromatic heterocycles. The summed E-state index contributed by atoms with van der Waals surface area (Å²) in [5.74, 6) is 0.575. The van der Waals surface area contributed by atoms with Crippen LogP contribution in [-0.2, 0) is 10.0 Å². The summed E-state index contributed by atoms with van der Waals surface area (Å²) in [7, 11) is -3.69. The first-order valence-electron chi connectivity index (χ1n) is 7.79. The van der Waals surface area contributed by atoms with Crippen LogP contribution in [0.5, 0.6) is 0 Å². The van der Waals surface area contributed by atoms with Crippen molar-refractivity contribution in [2.24, 2.45) is 11.1 Å². The maximum Gasteiger partial charge on any atom is 0.238 e. The van der Waals surface area contributed by atoms with Crippen LogP contribution >= 0.6 is 15.9 Å². The highest BCUT2D eigenvalue weighted by Gasteiger charge is 2.38. The number of benzene rings is 2. The van der Waals surface area contributed by atoms with E-state index in [2.05, 4.69) is 45.5 Å². The van der Waals surface area contributed by atoms with Crippen molar-refractivity contribution in [2.45, 2.75) is 23.3 Å². The Hall–Kier alpha value is -1.63. The van der Waals surface area contributed by atoms with E-state index >= 15 is 0 Å². The first kappa shape index (κ1) is 15.9. The fraction of sp³-hybridized carbons (Fsp3) is 0.222. The number of fused-ring (bicyclic) bond motifs is 3.